The molecule has 2 N–H and O–H groups in total. The standard InChI is InChI=1S/C16H26N2O3/c1-3-17-15(16(19)20-4-2)11-8-12-18-21-13-14-9-6-5-7-10-14/h5-7,9-10,15,17-18H,3-4,8,11-13H2,1-2H3/t15-/m0/s1. The first-order chi connectivity index (χ1) is 10.3. The lowest BCUT2D eigenvalue weighted by Gasteiger charge is -2.16. The van der Waals surface area contributed by atoms with Crippen molar-refractivity contribution in [2.24, 2.45) is 0 Å². The average molecular weight is 294 g/mol. The molecule has 0 saturated carbocycles. The van der Waals surface area contributed by atoms with Gasteiger partial charge in [-0.25, -0.2) is 5.48 Å². The van der Waals surface area contributed by atoms with Crippen LogP contribution in [0.1, 0.15) is 32.3 Å². The fourth-order valence-electron chi connectivity index (χ4n) is 1.95. The van der Waals surface area contributed by atoms with Gasteiger partial charge in [-0.05, 0) is 31.9 Å². The number of benzene rings is 1. The van der Waals surface area contributed by atoms with Gasteiger partial charge < -0.3 is 10.1 Å². The lowest BCUT2D eigenvalue weighted by atomic mass is 10.1. The summed E-state index contributed by atoms with van der Waals surface area (Å²) in [7, 11) is 0. The SMILES string of the molecule is CCN[C@@H](CCCNOCc1ccccc1)C(=O)OCC. The normalized spacial score (nSPS) is 12.1. The van der Waals surface area contributed by atoms with Gasteiger partial charge in [-0.3, -0.25) is 9.63 Å². The number of carbonyl (C=O) groups is 1. The summed E-state index contributed by atoms with van der Waals surface area (Å²) in [4.78, 5) is 17.1. The Balaban J connectivity index is 2.12. The zero-order chi connectivity index (χ0) is 15.3. The molecule has 1 atom stereocenters. The van der Waals surface area contributed by atoms with E-state index in [1.165, 1.54) is 0 Å². The summed E-state index contributed by atoms with van der Waals surface area (Å²) in [5.41, 5.74) is 4.05. The number of esters is 1. The number of rotatable bonds is 11. The first kappa shape index (κ1) is 17.6. The molecule has 1 rings (SSSR count). The highest BCUT2D eigenvalue weighted by molar-refractivity contribution is 5.75. The molecule has 1 aromatic rings. The second kappa shape index (κ2) is 11.3. The highest BCUT2D eigenvalue weighted by atomic mass is 16.6. The zero-order valence-corrected chi connectivity index (χ0v) is 12.9. The number of likely N-dealkylation sites (N-methyl/N-ethyl adjacent to an activating group) is 1. The number of ether oxygens (including phenoxy) is 1. The van der Waals surface area contributed by atoms with E-state index in [9.17, 15) is 4.79 Å². The summed E-state index contributed by atoms with van der Waals surface area (Å²) in [6.45, 7) is 6.21. The first-order valence-corrected chi connectivity index (χ1v) is 7.56. The monoisotopic (exact) mass is 294 g/mol. The molecular formula is C16H26N2O3. The maximum absolute atomic E-state index is 11.7. The third-order valence-corrected chi connectivity index (χ3v) is 2.98. The van der Waals surface area contributed by atoms with Gasteiger partial charge in [0, 0.05) is 6.54 Å². The number of hydroxylamine groups is 1. The maximum atomic E-state index is 11.7. The molecule has 118 valence electrons. The van der Waals surface area contributed by atoms with Crippen molar-refractivity contribution in [1.29, 1.82) is 0 Å². The van der Waals surface area contributed by atoms with Crippen LogP contribution >= 0.6 is 0 Å². The molecule has 0 radical (unpaired) electrons. The van der Waals surface area contributed by atoms with Crippen LogP contribution in [0.3, 0.4) is 0 Å². The van der Waals surface area contributed by atoms with Crippen molar-refractivity contribution >= 4 is 5.97 Å². The molecule has 21 heavy (non-hydrogen) atoms. The van der Waals surface area contributed by atoms with Crippen molar-refractivity contribution in [2.75, 3.05) is 19.7 Å². The van der Waals surface area contributed by atoms with Crippen molar-refractivity contribution < 1.29 is 14.4 Å². The van der Waals surface area contributed by atoms with E-state index in [0.717, 1.165) is 24.9 Å². The van der Waals surface area contributed by atoms with Crippen LogP contribution in [-0.4, -0.2) is 31.7 Å². The van der Waals surface area contributed by atoms with Gasteiger partial charge in [-0.1, -0.05) is 37.3 Å². The molecule has 5 nitrogen and oxygen atoms in total. The van der Waals surface area contributed by atoms with Crippen LogP contribution < -0.4 is 10.8 Å². The molecule has 0 fully saturated rings. The van der Waals surface area contributed by atoms with Crippen LogP contribution in [0.4, 0.5) is 0 Å². The summed E-state index contributed by atoms with van der Waals surface area (Å²) >= 11 is 0. The number of hydrogen-bond acceptors (Lipinski definition) is 5. The first-order valence-electron chi connectivity index (χ1n) is 7.56. The molecule has 0 heterocycles. The van der Waals surface area contributed by atoms with Crippen LogP contribution in [0, 0.1) is 0 Å². The van der Waals surface area contributed by atoms with E-state index in [0.29, 0.717) is 19.8 Å². The molecular weight excluding hydrogens is 268 g/mol. The Hall–Kier alpha value is -1.43. The number of hydrogen-bond donors (Lipinski definition) is 2. The van der Waals surface area contributed by atoms with Crippen LogP contribution in [0.25, 0.3) is 0 Å². The third kappa shape index (κ3) is 7.80. The summed E-state index contributed by atoms with van der Waals surface area (Å²) in [6, 6.07) is 9.75. The topological polar surface area (TPSA) is 59.6 Å². The summed E-state index contributed by atoms with van der Waals surface area (Å²) < 4.78 is 5.04. The number of nitrogens with one attached hydrogen (secondary N) is 2. The highest BCUT2D eigenvalue weighted by Gasteiger charge is 2.17. The Morgan fingerprint density at radius 1 is 1.24 bits per heavy atom. The predicted molar refractivity (Wildman–Crippen MR) is 82.6 cm³/mol. The quantitative estimate of drug-likeness (QED) is 0.371. The van der Waals surface area contributed by atoms with E-state index < -0.39 is 0 Å². The smallest absolute Gasteiger partial charge is 0.323 e. The molecule has 0 bridgehead atoms. The molecule has 0 spiro atoms. The molecule has 0 aliphatic heterocycles. The zero-order valence-electron chi connectivity index (χ0n) is 12.9. The van der Waals surface area contributed by atoms with Gasteiger partial charge >= 0.3 is 5.97 Å². The number of carbonyl (C=O) groups excluding carboxylic acids is 1. The fourth-order valence-corrected chi connectivity index (χ4v) is 1.95. The Kier molecular flexibility index (Phi) is 9.44. The van der Waals surface area contributed by atoms with Gasteiger partial charge in [0.1, 0.15) is 6.04 Å². The second-order valence-electron chi connectivity index (χ2n) is 4.67. The van der Waals surface area contributed by atoms with Crippen molar-refractivity contribution in [3.05, 3.63) is 35.9 Å². The summed E-state index contributed by atoms with van der Waals surface area (Å²) in [5, 5.41) is 3.14. The molecule has 0 amide bonds. The van der Waals surface area contributed by atoms with E-state index in [1.807, 2.05) is 44.2 Å². The van der Waals surface area contributed by atoms with Crippen molar-refractivity contribution in [3.63, 3.8) is 0 Å². The van der Waals surface area contributed by atoms with E-state index in [4.69, 9.17) is 9.57 Å². The van der Waals surface area contributed by atoms with E-state index >= 15 is 0 Å². The van der Waals surface area contributed by atoms with E-state index in [1.54, 1.807) is 0 Å². The largest absolute Gasteiger partial charge is 0.465 e. The van der Waals surface area contributed by atoms with Gasteiger partial charge in [-0.2, -0.15) is 0 Å². The minimum Gasteiger partial charge on any atom is -0.465 e. The Labute approximate surface area is 127 Å². The Morgan fingerprint density at radius 3 is 2.67 bits per heavy atom. The lowest BCUT2D eigenvalue weighted by Crippen LogP contribution is -2.38. The third-order valence-electron chi connectivity index (χ3n) is 2.98. The summed E-state index contributed by atoms with van der Waals surface area (Å²) in [5.74, 6) is -0.176. The van der Waals surface area contributed by atoms with Crippen molar-refractivity contribution in [2.45, 2.75) is 39.3 Å². The molecule has 0 unspecified atom stereocenters. The molecule has 0 aliphatic rings. The fraction of sp³-hybridized carbons (Fsp3) is 0.562. The van der Waals surface area contributed by atoms with E-state index in [2.05, 4.69) is 10.8 Å². The molecule has 1 aromatic carbocycles. The molecule has 5 heteroatoms. The minimum absolute atomic E-state index is 0.176. The van der Waals surface area contributed by atoms with Gasteiger partial charge in [0.15, 0.2) is 0 Å². The average Bonchev–Trinajstić information content (AvgIpc) is 2.51. The lowest BCUT2D eigenvalue weighted by molar-refractivity contribution is -0.145. The van der Waals surface area contributed by atoms with Gasteiger partial charge in [0.2, 0.25) is 0 Å². The van der Waals surface area contributed by atoms with Crippen LogP contribution in [-0.2, 0) is 21.0 Å². The molecule has 0 saturated heterocycles. The summed E-state index contributed by atoms with van der Waals surface area (Å²) in [6.07, 6.45) is 1.57. The van der Waals surface area contributed by atoms with Crippen molar-refractivity contribution in [3.8, 4) is 0 Å². The van der Waals surface area contributed by atoms with Crippen LogP contribution in [0.2, 0.25) is 0 Å². The molecule has 0 aliphatic carbocycles. The van der Waals surface area contributed by atoms with Crippen LogP contribution in [0.15, 0.2) is 30.3 Å². The predicted octanol–water partition coefficient (Wildman–Crippen LogP) is 2.03. The minimum atomic E-state index is -0.231. The maximum Gasteiger partial charge on any atom is 0.323 e. The Bertz CT molecular complexity index is 384. The van der Waals surface area contributed by atoms with Gasteiger partial charge in [0.25, 0.3) is 0 Å². The van der Waals surface area contributed by atoms with Crippen molar-refractivity contribution in [1.82, 2.24) is 10.8 Å². The van der Waals surface area contributed by atoms with Gasteiger partial charge in [0.05, 0.1) is 13.2 Å². The second-order valence-corrected chi connectivity index (χ2v) is 4.67. The highest BCUT2D eigenvalue weighted by Crippen LogP contribution is 2.01. The van der Waals surface area contributed by atoms with E-state index in [-0.39, 0.29) is 12.0 Å². The van der Waals surface area contributed by atoms with Gasteiger partial charge in [-0.15, -0.1) is 0 Å². The molecule has 0 aromatic heterocycles. The Morgan fingerprint density at radius 2 is 2.00 bits per heavy atom. The van der Waals surface area contributed by atoms with Crippen LogP contribution in [0.5, 0.6) is 0 Å².